The van der Waals surface area contributed by atoms with E-state index in [-0.39, 0.29) is 18.4 Å². The Hall–Kier alpha value is -0.160. The molecule has 2 heterocycles. The monoisotopic (exact) mass is 187 g/mol. The highest BCUT2D eigenvalue weighted by atomic mass is 16.6. The molecule has 2 aliphatic heterocycles. The van der Waals surface area contributed by atoms with Crippen molar-refractivity contribution in [3.8, 4) is 0 Å². The first-order valence-corrected chi connectivity index (χ1v) is 5.00. The first-order chi connectivity index (χ1) is 6.29. The van der Waals surface area contributed by atoms with Crippen LogP contribution in [0.1, 0.15) is 26.2 Å². The molecule has 0 saturated carbocycles. The Morgan fingerprint density at radius 1 is 1.54 bits per heavy atom. The van der Waals surface area contributed by atoms with Crippen LogP contribution < -0.4 is 5.32 Å². The maximum atomic E-state index is 9.35. The maximum absolute atomic E-state index is 9.35. The van der Waals surface area contributed by atoms with Crippen molar-refractivity contribution >= 4 is 0 Å². The Morgan fingerprint density at radius 3 is 3.08 bits per heavy atom. The van der Waals surface area contributed by atoms with Gasteiger partial charge < -0.3 is 14.6 Å². The zero-order valence-corrected chi connectivity index (χ0v) is 7.90. The second kappa shape index (κ2) is 3.92. The van der Waals surface area contributed by atoms with E-state index in [9.17, 15) is 5.11 Å². The van der Waals surface area contributed by atoms with Crippen molar-refractivity contribution in [1.82, 2.24) is 5.32 Å². The Labute approximate surface area is 78.2 Å². The first-order valence-electron chi connectivity index (χ1n) is 5.00. The normalized spacial score (nSPS) is 40.6. The number of aliphatic hydroxyl groups excluding tert-OH is 1. The standard InChI is InChI=1S/C9H17NO3/c1-2-8(11)10-9-5-7-6(13-9)3-4-12-7/h6-11H,2-5H2,1H3. The summed E-state index contributed by atoms with van der Waals surface area (Å²) in [6.45, 7) is 2.75. The average molecular weight is 187 g/mol. The molecule has 0 aromatic carbocycles. The molecular formula is C9H17NO3. The third-order valence-corrected chi connectivity index (χ3v) is 2.70. The second-order valence-corrected chi connectivity index (χ2v) is 3.69. The molecule has 4 nitrogen and oxygen atoms in total. The van der Waals surface area contributed by atoms with Crippen LogP contribution in [0.2, 0.25) is 0 Å². The lowest BCUT2D eigenvalue weighted by Gasteiger charge is -2.17. The number of nitrogens with one attached hydrogen (secondary N) is 1. The van der Waals surface area contributed by atoms with Crippen molar-refractivity contribution in [3.05, 3.63) is 0 Å². The molecule has 76 valence electrons. The van der Waals surface area contributed by atoms with E-state index in [1.807, 2.05) is 6.92 Å². The van der Waals surface area contributed by atoms with Crippen LogP contribution in [0.5, 0.6) is 0 Å². The molecule has 2 fully saturated rings. The molecule has 4 atom stereocenters. The molecular weight excluding hydrogens is 170 g/mol. The van der Waals surface area contributed by atoms with Gasteiger partial charge in [0.15, 0.2) is 0 Å². The van der Waals surface area contributed by atoms with E-state index >= 15 is 0 Å². The van der Waals surface area contributed by atoms with Crippen LogP contribution >= 0.6 is 0 Å². The quantitative estimate of drug-likeness (QED) is 0.620. The minimum atomic E-state index is -0.455. The van der Waals surface area contributed by atoms with E-state index in [4.69, 9.17) is 9.47 Å². The number of hydrogen-bond acceptors (Lipinski definition) is 4. The van der Waals surface area contributed by atoms with Gasteiger partial charge in [0.2, 0.25) is 0 Å². The molecule has 0 spiro atoms. The van der Waals surface area contributed by atoms with Crippen LogP contribution in [0.15, 0.2) is 0 Å². The van der Waals surface area contributed by atoms with Crippen molar-refractivity contribution in [2.75, 3.05) is 6.61 Å². The van der Waals surface area contributed by atoms with Gasteiger partial charge in [0.05, 0.1) is 12.2 Å². The average Bonchev–Trinajstić information content (AvgIpc) is 2.63. The Morgan fingerprint density at radius 2 is 2.38 bits per heavy atom. The van der Waals surface area contributed by atoms with Crippen LogP contribution in [-0.2, 0) is 9.47 Å². The van der Waals surface area contributed by atoms with Crippen LogP contribution in [0.4, 0.5) is 0 Å². The number of rotatable bonds is 3. The molecule has 0 aliphatic carbocycles. The van der Waals surface area contributed by atoms with Gasteiger partial charge in [-0.25, -0.2) is 0 Å². The zero-order valence-electron chi connectivity index (χ0n) is 7.90. The third-order valence-electron chi connectivity index (χ3n) is 2.70. The fourth-order valence-electron chi connectivity index (χ4n) is 1.92. The summed E-state index contributed by atoms with van der Waals surface area (Å²) in [6, 6.07) is 0. The molecule has 2 N–H and O–H groups in total. The summed E-state index contributed by atoms with van der Waals surface area (Å²) in [4.78, 5) is 0. The molecule has 4 heteroatoms. The van der Waals surface area contributed by atoms with Gasteiger partial charge in [0.1, 0.15) is 12.5 Å². The lowest BCUT2D eigenvalue weighted by Crippen LogP contribution is -2.38. The Bertz CT molecular complexity index is 161. The molecule has 0 aromatic heterocycles. The van der Waals surface area contributed by atoms with E-state index in [1.54, 1.807) is 0 Å². The summed E-state index contributed by atoms with van der Waals surface area (Å²) in [5.41, 5.74) is 0. The largest absolute Gasteiger partial charge is 0.379 e. The molecule has 0 radical (unpaired) electrons. The highest BCUT2D eigenvalue weighted by Gasteiger charge is 2.39. The van der Waals surface area contributed by atoms with Crippen molar-refractivity contribution in [2.24, 2.45) is 0 Å². The van der Waals surface area contributed by atoms with Crippen molar-refractivity contribution < 1.29 is 14.6 Å². The van der Waals surface area contributed by atoms with Gasteiger partial charge in [-0.2, -0.15) is 0 Å². The van der Waals surface area contributed by atoms with Crippen molar-refractivity contribution in [3.63, 3.8) is 0 Å². The van der Waals surface area contributed by atoms with Crippen LogP contribution in [0.25, 0.3) is 0 Å². The molecule has 0 amide bonds. The smallest absolute Gasteiger partial charge is 0.113 e. The molecule has 0 bridgehead atoms. The van der Waals surface area contributed by atoms with Gasteiger partial charge in [-0.1, -0.05) is 6.92 Å². The summed E-state index contributed by atoms with van der Waals surface area (Å²) < 4.78 is 11.1. The number of ether oxygens (including phenoxy) is 2. The van der Waals surface area contributed by atoms with Gasteiger partial charge in [0, 0.05) is 13.0 Å². The Kier molecular flexibility index (Phi) is 2.83. The van der Waals surface area contributed by atoms with Crippen molar-refractivity contribution in [1.29, 1.82) is 0 Å². The lowest BCUT2D eigenvalue weighted by atomic mass is 10.2. The molecule has 4 unspecified atom stereocenters. The summed E-state index contributed by atoms with van der Waals surface area (Å²) in [6.07, 6.45) is 2.58. The molecule has 2 rings (SSSR count). The predicted molar refractivity (Wildman–Crippen MR) is 47.1 cm³/mol. The highest BCUT2D eigenvalue weighted by Crippen LogP contribution is 2.29. The van der Waals surface area contributed by atoms with E-state index in [1.165, 1.54) is 0 Å². The SMILES string of the molecule is CCC(O)NC1CC2OCCC2O1. The Balaban J connectivity index is 1.78. The summed E-state index contributed by atoms with van der Waals surface area (Å²) >= 11 is 0. The van der Waals surface area contributed by atoms with E-state index < -0.39 is 6.23 Å². The van der Waals surface area contributed by atoms with Gasteiger partial charge in [0.25, 0.3) is 0 Å². The minimum Gasteiger partial charge on any atom is -0.379 e. The number of fused-ring (bicyclic) bond motifs is 1. The fraction of sp³-hybridized carbons (Fsp3) is 1.00. The zero-order chi connectivity index (χ0) is 9.26. The fourth-order valence-corrected chi connectivity index (χ4v) is 1.92. The van der Waals surface area contributed by atoms with Gasteiger partial charge in [-0.3, -0.25) is 5.32 Å². The predicted octanol–water partition coefficient (Wildman–Crippen LogP) is 0.208. The summed E-state index contributed by atoms with van der Waals surface area (Å²) in [5, 5.41) is 12.4. The maximum Gasteiger partial charge on any atom is 0.113 e. The molecule has 0 aromatic rings. The van der Waals surface area contributed by atoms with Crippen molar-refractivity contribution in [2.45, 2.75) is 50.8 Å². The molecule has 2 saturated heterocycles. The van der Waals surface area contributed by atoms with Gasteiger partial charge in [-0.05, 0) is 12.8 Å². The number of aliphatic hydroxyl groups is 1. The van der Waals surface area contributed by atoms with Crippen LogP contribution in [-0.4, -0.2) is 36.4 Å². The first kappa shape index (κ1) is 9.40. The topological polar surface area (TPSA) is 50.7 Å². The van der Waals surface area contributed by atoms with E-state index in [2.05, 4.69) is 5.32 Å². The highest BCUT2D eigenvalue weighted by molar-refractivity contribution is 4.86. The molecule has 2 aliphatic rings. The molecule has 13 heavy (non-hydrogen) atoms. The minimum absolute atomic E-state index is 0.0229. The van der Waals surface area contributed by atoms with E-state index in [0.29, 0.717) is 6.42 Å². The number of hydrogen-bond donors (Lipinski definition) is 2. The summed E-state index contributed by atoms with van der Waals surface area (Å²) in [5.74, 6) is 0. The van der Waals surface area contributed by atoms with Gasteiger partial charge in [-0.15, -0.1) is 0 Å². The van der Waals surface area contributed by atoms with E-state index in [0.717, 1.165) is 19.4 Å². The second-order valence-electron chi connectivity index (χ2n) is 3.69. The van der Waals surface area contributed by atoms with Crippen LogP contribution in [0.3, 0.4) is 0 Å². The van der Waals surface area contributed by atoms with Crippen LogP contribution in [0, 0.1) is 0 Å². The summed E-state index contributed by atoms with van der Waals surface area (Å²) in [7, 11) is 0. The van der Waals surface area contributed by atoms with Gasteiger partial charge >= 0.3 is 0 Å². The lowest BCUT2D eigenvalue weighted by molar-refractivity contribution is -0.0141. The third kappa shape index (κ3) is 2.02.